The number of hydrogen-bond donors (Lipinski definition) is 1. The first-order chi connectivity index (χ1) is 7.42. The van der Waals surface area contributed by atoms with Crippen LogP contribution >= 0.6 is 0 Å². The highest BCUT2D eigenvalue weighted by atomic mass is 19.1. The van der Waals surface area contributed by atoms with E-state index in [4.69, 9.17) is 5.73 Å². The first kappa shape index (κ1) is 11.6. The summed E-state index contributed by atoms with van der Waals surface area (Å²) in [4.78, 5) is 0. The number of benzene rings is 1. The van der Waals surface area contributed by atoms with Crippen molar-refractivity contribution in [1.29, 1.82) is 0 Å². The third-order valence-electron chi connectivity index (χ3n) is 3.81. The fourth-order valence-corrected chi connectivity index (χ4v) is 3.19. The lowest BCUT2D eigenvalue weighted by Crippen LogP contribution is -2.24. The van der Waals surface area contributed by atoms with Crippen molar-refractivity contribution in [2.75, 3.05) is 0 Å². The molecule has 0 aromatic heterocycles. The number of halogens is 1. The summed E-state index contributed by atoms with van der Waals surface area (Å²) >= 11 is 0. The molecule has 0 heterocycles. The standard InChI is InChI=1S/C14H20FN/c1-9-6-10(2)13(12(15)7-9)14(3)5-4-11(16)8-14/h6-7,11H,4-5,8,16H2,1-3H3. The van der Waals surface area contributed by atoms with Crippen LogP contribution in [0.1, 0.15) is 42.9 Å². The summed E-state index contributed by atoms with van der Waals surface area (Å²) in [5, 5.41) is 0. The third kappa shape index (κ3) is 1.86. The normalized spacial score (nSPS) is 29.7. The van der Waals surface area contributed by atoms with Crippen molar-refractivity contribution < 1.29 is 4.39 Å². The molecular formula is C14H20FN. The quantitative estimate of drug-likeness (QED) is 0.774. The molecule has 2 heteroatoms. The third-order valence-corrected chi connectivity index (χ3v) is 3.81. The second kappa shape index (κ2) is 3.85. The van der Waals surface area contributed by atoms with Gasteiger partial charge in [-0.1, -0.05) is 13.0 Å². The molecule has 1 nitrogen and oxygen atoms in total. The summed E-state index contributed by atoms with van der Waals surface area (Å²) in [7, 11) is 0. The Morgan fingerprint density at radius 2 is 2.06 bits per heavy atom. The van der Waals surface area contributed by atoms with Crippen LogP contribution in [-0.2, 0) is 5.41 Å². The molecule has 2 atom stereocenters. The molecule has 2 unspecified atom stereocenters. The molecule has 0 aliphatic heterocycles. The van der Waals surface area contributed by atoms with Gasteiger partial charge in [-0.05, 0) is 61.3 Å². The number of aryl methyl sites for hydroxylation is 2. The molecule has 2 rings (SSSR count). The van der Waals surface area contributed by atoms with E-state index in [0.717, 1.165) is 36.0 Å². The maximum atomic E-state index is 14.1. The van der Waals surface area contributed by atoms with Crippen LogP contribution in [-0.4, -0.2) is 6.04 Å². The lowest BCUT2D eigenvalue weighted by molar-refractivity contribution is 0.447. The molecule has 0 bridgehead atoms. The molecule has 0 saturated heterocycles. The molecule has 1 aromatic carbocycles. The first-order valence-corrected chi connectivity index (χ1v) is 5.95. The minimum Gasteiger partial charge on any atom is -0.328 e. The van der Waals surface area contributed by atoms with Gasteiger partial charge in [0, 0.05) is 6.04 Å². The van der Waals surface area contributed by atoms with Gasteiger partial charge >= 0.3 is 0 Å². The van der Waals surface area contributed by atoms with E-state index in [1.54, 1.807) is 6.07 Å². The van der Waals surface area contributed by atoms with Crippen LogP contribution in [0.15, 0.2) is 12.1 Å². The van der Waals surface area contributed by atoms with Crippen LogP contribution in [0.25, 0.3) is 0 Å². The zero-order valence-electron chi connectivity index (χ0n) is 10.3. The van der Waals surface area contributed by atoms with Gasteiger partial charge in [0.15, 0.2) is 0 Å². The predicted molar refractivity (Wildman–Crippen MR) is 65.1 cm³/mol. The van der Waals surface area contributed by atoms with Crippen molar-refractivity contribution in [2.45, 2.75) is 51.5 Å². The topological polar surface area (TPSA) is 26.0 Å². The van der Waals surface area contributed by atoms with Crippen molar-refractivity contribution in [3.63, 3.8) is 0 Å². The van der Waals surface area contributed by atoms with E-state index in [-0.39, 0.29) is 17.3 Å². The lowest BCUT2D eigenvalue weighted by Gasteiger charge is -2.27. The van der Waals surface area contributed by atoms with Gasteiger partial charge in [0.2, 0.25) is 0 Å². The van der Waals surface area contributed by atoms with Gasteiger partial charge < -0.3 is 5.73 Å². The molecule has 1 aromatic rings. The highest BCUT2D eigenvalue weighted by Crippen LogP contribution is 2.42. The van der Waals surface area contributed by atoms with Gasteiger partial charge in [-0.3, -0.25) is 0 Å². The van der Waals surface area contributed by atoms with Crippen LogP contribution in [0.4, 0.5) is 4.39 Å². The molecule has 2 N–H and O–H groups in total. The van der Waals surface area contributed by atoms with Crippen LogP contribution < -0.4 is 5.73 Å². The van der Waals surface area contributed by atoms with E-state index in [1.807, 2.05) is 13.8 Å². The Morgan fingerprint density at radius 1 is 1.38 bits per heavy atom. The Bertz CT molecular complexity index is 390. The summed E-state index contributed by atoms with van der Waals surface area (Å²) in [6.45, 7) is 6.07. The van der Waals surface area contributed by atoms with Gasteiger partial charge in [0.1, 0.15) is 5.82 Å². The van der Waals surface area contributed by atoms with Crippen molar-refractivity contribution in [3.8, 4) is 0 Å². The van der Waals surface area contributed by atoms with Gasteiger partial charge in [-0.15, -0.1) is 0 Å². The first-order valence-electron chi connectivity index (χ1n) is 5.95. The Balaban J connectivity index is 2.48. The number of nitrogens with two attached hydrogens (primary N) is 1. The number of hydrogen-bond acceptors (Lipinski definition) is 1. The highest BCUT2D eigenvalue weighted by Gasteiger charge is 2.37. The van der Waals surface area contributed by atoms with Gasteiger partial charge in [0.25, 0.3) is 0 Å². The monoisotopic (exact) mass is 221 g/mol. The largest absolute Gasteiger partial charge is 0.328 e. The molecule has 88 valence electrons. The molecule has 1 aliphatic carbocycles. The minimum atomic E-state index is -0.0682. The second-order valence-corrected chi connectivity index (χ2v) is 5.50. The van der Waals surface area contributed by atoms with Crippen LogP contribution in [0.2, 0.25) is 0 Å². The maximum Gasteiger partial charge on any atom is 0.127 e. The second-order valence-electron chi connectivity index (χ2n) is 5.50. The Kier molecular flexibility index (Phi) is 2.79. The molecule has 0 amide bonds. The fraction of sp³-hybridized carbons (Fsp3) is 0.571. The van der Waals surface area contributed by atoms with E-state index >= 15 is 0 Å². The zero-order valence-corrected chi connectivity index (χ0v) is 10.3. The van der Waals surface area contributed by atoms with Crippen molar-refractivity contribution in [1.82, 2.24) is 0 Å². The summed E-state index contributed by atoms with van der Waals surface area (Å²) in [5.74, 6) is -0.0610. The zero-order chi connectivity index (χ0) is 11.9. The summed E-state index contributed by atoms with van der Waals surface area (Å²) in [6.07, 6.45) is 2.89. The van der Waals surface area contributed by atoms with Crippen molar-refractivity contribution in [3.05, 3.63) is 34.6 Å². The van der Waals surface area contributed by atoms with E-state index < -0.39 is 0 Å². The Morgan fingerprint density at radius 3 is 2.56 bits per heavy atom. The molecule has 16 heavy (non-hydrogen) atoms. The minimum absolute atomic E-state index is 0.0610. The van der Waals surface area contributed by atoms with Gasteiger partial charge in [-0.25, -0.2) is 4.39 Å². The summed E-state index contributed by atoms with van der Waals surface area (Å²) in [5.41, 5.74) is 8.82. The number of rotatable bonds is 1. The maximum absolute atomic E-state index is 14.1. The van der Waals surface area contributed by atoms with Crippen LogP contribution in [0.3, 0.4) is 0 Å². The molecular weight excluding hydrogens is 201 g/mol. The van der Waals surface area contributed by atoms with Crippen LogP contribution in [0, 0.1) is 19.7 Å². The van der Waals surface area contributed by atoms with Crippen molar-refractivity contribution >= 4 is 0 Å². The van der Waals surface area contributed by atoms with Gasteiger partial charge in [0.05, 0.1) is 0 Å². The average molecular weight is 221 g/mol. The van der Waals surface area contributed by atoms with Crippen LogP contribution in [0.5, 0.6) is 0 Å². The highest BCUT2D eigenvalue weighted by molar-refractivity contribution is 5.38. The predicted octanol–water partition coefficient (Wildman–Crippen LogP) is 3.21. The SMILES string of the molecule is Cc1cc(C)c(C2(C)CCC(N)C2)c(F)c1. The van der Waals surface area contributed by atoms with E-state index in [9.17, 15) is 4.39 Å². The molecule has 1 saturated carbocycles. The Labute approximate surface area is 96.9 Å². The smallest absolute Gasteiger partial charge is 0.127 e. The fourth-order valence-electron chi connectivity index (χ4n) is 3.19. The van der Waals surface area contributed by atoms with E-state index in [2.05, 4.69) is 13.0 Å². The van der Waals surface area contributed by atoms with Gasteiger partial charge in [-0.2, -0.15) is 0 Å². The molecule has 0 radical (unpaired) electrons. The molecule has 1 fully saturated rings. The molecule has 0 spiro atoms. The summed E-state index contributed by atoms with van der Waals surface area (Å²) < 4.78 is 14.1. The summed E-state index contributed by atoms with van der Waals surface area (Å²) in [6, 6.07) is 3.93. The molecule has 1 aliphatic rings. The lowest BCUT2D eigenvalue weighted by atomic mass is 9.78. The average Bonchev–Trinajstić information content (AvgIpc) is 2.44. The van der Waals surface area contributed by atoms with Crippen molar-refractivity contribution in [2.24, 2.45) is 5.73 Å². The van der Waals surface area contributed by atoms with E-state index in [0.29, 0.717) is 0 Å². The van der Waals surface area contributed by atoms with E-state index in [1.165, 1.54) is 0 Å². The Hall–Kier alpha value is -0.890.